The Morgan fingerprint density at radius 2 is 2.09 bits per heavy atom. The van der Waals surface area contributed by atoms with E-state index in [0.717, 1.165) is 37.7 Å². The first-order valence-electron chi connectivity index (χ1n) is 9.09. The van der Waals surface area contributed by atoms with Crippen LogP contribution in [0.5, 0.6) is 0 Å². The molecule has 3 rings (SSSR count). The van der Waals surface area contributed by atoms with Gasteiger partial charge in [0.25, 0.3) is 0 Å². The van der Waals surface area contributed by atoms with Crippen molar-refractivity contribution in [3.05, 3.63) is 35.9 Å². The third kappa shape index (κ3) is 3.45. The average molecular weight is 316 g/mol. The lowest BCUT2D eigenvalue weighted by Crippen LogP contribution is -2.31. The lowest BCUT2D eigenvalue weighted by Gasteiger charge is -2.25. The number of rotatable bonds is 8. The molecule has 1 aliphatic carbocycles. The molecule has 2 aliphatic rings. The standard InChI is InChI=1S/C20H28O3/c1-2-3-7-12-20-13-8-11-17(20)18(23-19(20)21)15-22-14-16-9-5-4-6-10-16/h4-6,9-10,17-18H,2-3,7-8,11-15H2,1H3/t17-,18+,20-/m1/s1. The zero-order valence-corrected chi connectivity index (χ0v) is 14.1. The molecule has 1 saturated carbocycles. The fraction of sp³-hybridized carbons (Fsp3) is 0.650. The van der Waals surface area contributed by atoms with Crippen molar-refractivity contribution in [2.75, 3.05) is 6.61 Å². The second-order valence-electron chi connectivity index (χ2n) is 7.06. The van der Waals surface area contributed by atoms with Gasteiger partial charge >= 0.3 is 5.97 Å². The Bertz CT molecular complexity index is 513. The van der Waals surface area contributed by atoms with Gasteiger partial charge in [0.2, 0.25) is 0 Å². The number of carbonyl (C=O) groups excluding carboxylic acids is 1. The van der Waals surface area contributed by atoms with E-state index in [4.69, 9.17) is 9.47 Å². The Kier molecular flexibility index (Phi) is 5.37. The van der Waals surface area contributed by atoms with E-state index in [2.05, 4.69) is 19.1 Å². The summed E-state index contributed by atoms with van der Waals surface area (Å²) >= 11 is 0. The monoisotopic (exact) mass is 316 g/mol. The van der Waals surface area contributed by atoms with Crippen molar-refractivity contribution >= 4 is 5.97 Å². The van der Waals surface area contributed by atoms with Gasteiger partial charge in [0.05, 0.1) is 18.6 Å². The summed E-state index contributed by atoms with van der Waals surface area (Å²) < 4.78 is 11.6. The Hall–Kier alpha value is -1.35. The van der Waals surface area contributed by atoms with Gasteiger partial charge in [-0.15, -0.1) is 0 Å². The molecule has 3 nitrogen and oxygen atoms in total. The van der Waals surface area contributed by atoms with E-state index < -0.39 is 0 Å². The molecule has 23 heavy (non-hydrogen) atoms. The first-order valence-corrected chi connectivity index (χ1v) is 9.09. The normalized spacial score (nSPS) is 29.5. The Morgan fingerprint density at radius 1 is 1.26 bits per heavy atom. The van der Waals surface area contributed by atoms with Crippen LogP contribution in [-0.4, -0.2) is 18.7 Å². The van der Waals surface area contributed by atoms with Crippen molar-refractivity contribution in [1.29, 1.82) is 0 Å². The summed E-state index contributed by atoms with van der Waals surface area (Å²) in [4.78, 5) is 12.5. The number of unbranched alkanes of at least 4 members (excludes halogenated alkanes) is 2. The van der Waals surface area contributed by atoms with E-state index in [-0.39, 0.29) is 17.5 Å². The first-order chi connectivity index (χ1) is 11.3. The van der Waals surface area contributed by atoms with Crippen molar-refractivity contribution in [2.24, 2.45) is 11.3 Å². The molecule has 3 atom stereocenters. The van der Waals surface area contributed by atoms with Gasteiger partial charge in [0.1, 0.15) is 6.10 Å². The molecule has 0 unspecified atom stereocenters. The van der Waals surface area contributed by atoms with Crippen molar-refractivity contribution in [3.63, 3.8) is 0 Å². The van der Waals surface area contributed by atoms with E-state index in [9.17, 15) is 4.79 Å². The highest BCUT2D eigenvalue weighted by Crippen LogP contribution is 2.54. The average Bonchev–Trinajstić information content (AvgIpc) is 3.09. The minimum Gasteiger partial charge on any atom is -0.459 e. The number of carbonyl (C=O) groups is 1. The minimum absolute atomic E-state index is 0.0458. The van der Waals surface area contributed by atoms with Crippen molar-refractivity contribution in [2.45, 2.75) is 64.6 Å². The molecule has 3 heteroatoms. The molecule has 0 radical (unpaired) electrons. The van der Waals surface area contributed by atoms with Gasteiger partial charge in [-0.05, 0) is 24.8 Å². The van der Waals surface area contributed by atoms with E-state index >= 15 is 0 Å². The molecule has 1 aromatic carbocycles. The molecule has 0 N–H and O–H groups in total. The lowest BCUT2D eigenvalue weighted by molar-refractivity contribution is -0.151. The number of benzene rings is 1. The van der Waals surface area contributed by atoms with Crippen molar-refractivity contribution < 1.29 is 14.3 Å². The number of esters is 1. The Morgan fingerprint density at radius 3 is 2.87 bits per heavy atom. The van der Waals surface area contributed by atoms with E-state index in [0.29, 0.717) is 19.1 Å². The molecule has 1 aromatic rings. The maximum Gasteiger partial charge on any atom is 0.312 e. The van der Waals surface area contributed by atoms with Crippen LogP contribution in [0.2, 0.25) is 0 Å². The summed E-state index contributed by atoms with van der Waals surface area (Å²) in [6.07, 6.45) is 7.76. The summed E-state index contributed by atoms with van der Waals surface area (Å²) in [5.74, 6) is 0.409. The highest BCUT2D eigenvalue weighted by molar-refractivity contribution is 5.80. The molecule has 1 aliphatic heterocycles. The fourth-order valence-corrected chi connectivity index (χ4v) is 4.35. The maximum absolute atomic E-state index is 12.5. The van der Waals surface area contributed by atoms with Crippen LogP contribution in [0.3, 0.4) is 0 Å². The summed E-state index contributed by atoms with van der Waals surface area (Å²) in [6, 6.07) is 10.2. The van der Waals surface area contributed by atoms with Crippen LogP contribution < -0.4 is 0 Å². The summed E-state index contributed by atoms with van der Waals surface area (Å²) in [6.45, 7) is 3.32. The first kappa shape index (κ1) is 16.5. The topological polar surface area (TPSA) is 35.5 Å². The van der Waals surface area contributed by atoms with Crippen LogP contribution in [0.25, 0.3) is 0 Å². The lowest BCUT2D eigenvalue weighted by atomic mass is 9.74. The zero-order chi connectivity index (χ0) is 16.1. The highest BCUT2D eigenvalue weighted by Gasteiger charge is 2.58. The molecule has 2 fully saturated rings. The van der Waals surface area contributed by atoms with Crippen LogP contribution in [0.15, 0.2) is 30.3 Å². The highest BCUT2D eigenvalue weighted by atomic mass is 16.6. The van der Waals surface area contributed by atoms with Gasteiger partial charge in [-0.2, -0.15) is 0 Å². The van der Waals surface area contributed by atoms with Crippen molar-refractivity contribution in [3.8, 4) is 0 Å². The van der Waals surface area contributed by atoms with Gasteiger partial charge in [0.15, 0.2) is 0 Å². The second-order valence-corrected chi connectivity index (χ2v) is 7.06. The number of hydrogen-bond acceptors (Lipinski definition) is 3. The third-order valence-electron chi connectivity index (χ3n) is 5.58. The zero-order valence-electron chi connectivity index (χ0n) is 14.1. The van der Waals surface area contributed by atoms with E-state index in [1.54, 1.807) is 0 Å². The quantitative estimate of drug-likeness (QED) is 0.523. The van der Waals surface area contributed by atoms with Gasteiger partial charge in [-0.1, -0.05) is 62.9 Å². The number of cyclic esters (lactones) is 1. The SMILES string of the molecule is CCCCC[C@@]12CCC[C@@H]1[C@H](COCc1ccccc1)OC2=O. The van der Waals surface area contributed by atoms with Crippen molar-refractivity contribution in [1.82, 2.24) is 0 Å². The summed E-state index contributed by atoms with van der Waals surface area (Å²) in [7, 11) is 0. The third-order valence-corrected chi connectivity index (χ3v) is 5.58. The Balaban J connectivity index is 1.56. The molecule has 126 valence electrons. The smallest absolute Gasteiger partial charge is 0.312 e. The second kappa shape index (κ2) is 7.48. The van der Waals surface area contributed by atoms with Crippen LogP contribution in [0.4, 0.5) is 0 Å². The van der Waals surface area contributed by atoms with Crippen LogP contribution in [-0.2, 0) is 20.9 Å². The molecule has 0 amide bonds. The van der Waals surface area contributed by atoms with Gasteiger partial charge in [-0.25, -0.2) is 0 Å². The van der Waals surface area contributed by atoms with Crippen LogP contribution >= 0.6 is 0 Å². The summed E-state index contributed by atoms with van der Waals surface area (Å²) in [5, 5.41) is 0. The van der Waals surface area contributed by atoms with Gasteiger partial charge in [0, 0.05) is 5.92 Å². The molecular formula is C20H28O3. The minimum atomic E-state index is -0.198. The van der Waals surface area contributed by atoms with Crippen LogP contribution in [0, 0.1) is 11.3 Å². The maximum atomic E-state index is 12.5. The van der Waals surface area contributed by atoms with Crippen LogP contribution in [0.1, 0.15) is 57.4 Å². The van der Waals surface area contributed by atoms with E-state index in [1.807, 2.05) is 18.2 Å². The molecule has 0 spiro atoms. The van der Waals surface area contributed by atoms with Gasteiger partial charge in [-0.3, -0.25) is 4.79 Å². The van der Waals surface area contributed by atoms with Gasteiger partial charge < -0.3 is 9.47 Å². The molecule has 0 bridgehead atoms. The molecular weight excluding hydrogens is 288 g/mol. The van der Waals surface area contributed by atoms with E-state index in [1.165, 1.54) is 12.8 Å². The molecule has 1 saturated heterocycles. The predicted molar refractivity (Wildman–Crippen MR) is 89.9 cm³/mol. The fourth-order valence-electron chi connectivity index (χ4n) is 4.35. The number of ether oxygens (including phenoxy) is 2. The summed E-state index contributed by atoms with van der Waals surface area (Å²) in [5.41, 5.74) is 0.966. The predicted octanol–water partition coefficient (Wildman–Crippen LogP) is 4.50. The largest absolute Gasteiger partial charge is 0.459 e. The number of fused-ring (bicyclic) bond motifs is 1. The number of hydrogen-bond donors (Lipinski definition) is 0. The Labute approximate surface area is 139 Å². The molecule has 0 aromatic heterocycles. The molecule has 1 heterocycles.